The Morgan fingerprint density at radius 2 is 2.08 bits per heavy atom. The molecule has 0 aliphatic carbocycles. The number of rotatable bonds is 10. The monoisotopic (exact) mass is 349 g/mol. The number of benzene rings is 1. The maximum Gasteiger partial charge on any atom is 0.191 e. The molecule has 0 aromatic heterocycles. The molecule has 1 unspecified atom stereocenters. The molecule has 2 rings (SSSR count). The molecule has 1 aromatic carbocycles. The summed E-state index contributed by atoms with van der Waals surface area (Å²) in [6, 6.07) is 8.39. The second-order valence-corrected chi connectivity index (χ2v) is 6.01. The third-order valence-corrected chi connectivity index (χ3v) is 4.04. The van der Waals surface area contributed by atoms with E-state index in [-0.39, 0.29) is 0 Å². The van der Waals surface area contributed by atoms with Crippen LogP contribution in [0.25, 0.3) is 0 Å². The zero-order chi connectivity index (χ0) is 17.7. The fraction of sp³-hybridized carbons (Fsp3) is 0.632. The van der Waals surface area contributed by atoms with Crippen molar-refractivity contribution < 1.29 is 14.2 Å². The summed E-state index contributed by atoms with van der Waals surface area (Å²) in [5, 5.41) is 6.67. The van der Waals surface area contributed by atoms with Crippen molar-refractivity contribution in [2.24, 2.45) is 4.99 Å². The first-order valence-electron chi connectivity index (χ1n) is 9.11. The van der Waals surface area contributed by atoms with Crippen molar-refractivity contribution in [2.45, 2.75) is 39.0 Å². The molecular weight excluding hydrogens is 318 g/mol. The Labute approximate surface area is 151 Å². The van der Waals surface area contributed by atoms with E-state index in [9.17, 15) is 0 Å². The fourth-order valence-corrected chi connectivity index (χ4v) is 2.70. The molecule has 25 heavy (non-hydrogen) atoms. The molecule has 0 bridgehead atoms. The summed E-state index contributed by atoms with van der Waals surface area (Å²) in [4.78, 5) is 4.26. The first-order valence-corrected chi connectivity index (χ1v) is 9.11. The van der Waals surface area contributed by atoms with Crippen LogP contribution < -0.4 is 10.6 Å². The van der Waals surface area contributed by atoms with E-state index in [1.54, 1.807) is 7.05 Å². The minimum absolute atomic E-state index is 0.302. The zero-order valence-corrected chi connectivity index (χ0v) is 15.4. The van der Waals surface area contributed by atoms with Crippen molar-refractivity contribution in [3.05, 3.63) is 35.4 Å². The molecule has 1 heterocycles. The molecule has 1 aromatic rings. The Balaban J connectivity index is 1.70. The Bertz CT molecular complexity index is 516. The summed E-state index contributed by atoms with van der Waals surface area (Å²) in [6.45, 7) is 6.98. The van der Waals surface area contributed by atoms with Gasteiger partial charge in [-0.05, 0) is 30.9 Å². The smallest absolute Gasteiger partial charge is 0.191 e. The second-order valence-electron chi connectivity index (χ2n) is 6.01. The van der Waals surface area contributed by atoms with Gasteiger partial charge in [-0.15, -0.1) is 0 Å². The molecule has 0 saturated carbocycles. The lowest BCUT2D eigenvalue weighted by atomic mass is 10.1. The summed E-state index contributed by atoms with van der Waals surface area (Å²) in [6.07, 6.45) is 2.57. The summed E-state index contributed by atoms with van der Waals surface area (Å²) in [5.41, 5.74) is 2.36. The number of hydrogen-bond donors (Lipinski definition) is 2. The Morgan fingerprint density at radius 3 is 2.84 bits per heavy atom. The van der Waals surface area contributed by atoms with Gasteiger partial charge in [0.2, 0.25) is 0 Å². The van der Waals surface area contributed by atoms with Crippen molar-refractivity contribution in [1.82, 2.24) is 10.6 Å². The van der Waals surface area contributed by atoms with E-state index >= 15 is 0 Å². The van der Waals surface area contributed by atoms with Gasteiger partial charge in [-0.2, -0.15) is 0 Å². The van der Waals surface area contributed by atoms with E-state index in [0.717, 1.165) is 50.7 Å². The molecule has 1 saturated heterocycles. The van der Waals surface area contributed by atoms with Crippen molar-refractivity contribution in [2.75, 3.05) is 40.0 Å². The number of nitrogens with zero attached hydrogens (tertiary/aromatic N) is 1. The normalized spacial score (nSPS) is 17.7. The van der Waals surface area contributed by atoms with Crippen LogP contribution in [0.3, 0.4) is 0 Å². The van der Waals surface area contributed by atoms with Gasteiger partial charge in [-0.3, -0.25) is 4.99 Å². The number of ether oxygens (including phenoxy) is 3. The molecule has 0 amide bonds. The van der Waals surface area contributed by atoms with E-state index in [4.69, 9.17) is 14.2 Å². The van der Waals surface area contributed by atoms with Crippen molar-refractivity contribution in [3.8, 4) is 0 Å². The van der Waals surface area contributed by atoms with Crippen molar-refractivity contribution >= 4 is 5.96 Å². The van der Waals surface area contributed by atoms with Gasteiger partial charge in [0.15, 0.2) is 5.96 Å². The molecular formula is C19H31N3O3. The summed E-state index contributed by atoms with van der Waals surface area (Å²) < 4.78 is 16.5. The summed E-state index contributed by atoms with van der Waals surface area (Å²) >= 11 is 0. The van der Waals surface area contributed by atoms with Crippen LogP contribution in [0.2, 0.25) is 0 Å². The van der Waals surface area contributed by atoms with Gasteiger partial charge < -0.3 is 24.8 Å². The van der Waals surface area contributed by atoms with E-state index in [0.29, 0.717) is 25.9 Å². The van der Waals surface area contributed by atoms with Crippen LogP contribution >= 0.6 is 0 Å². The average Bonchev–Trinajstić information content (AvgIpc) is 3.16. The van der Waals surface area contributed by atoms with E-state index in [1.165, 1.54) is 5.56 Å². The first kappa shape index (κ1) is 19.7. The quantitative estimate of drug-likeness (QED) is 0.385. The molecule has 1 fully saturated rings. The minimum Gasteiger partial charge on any atom is -0.379 e. The molecule has 2 N–H and O–H groups in total. The topological polar surface area (TPSA) is 64.1 Å². The van der Waals surface area contributed by atoms with E-state index in [1.807, 2.05) is 6.92 Å². The maximum atomic E-state index is 5.62. The second kappa shape index (κ2) is 11.8. The van der Waals surface area contributed by atoms with E-state index < -0.39 is 0 Å². The third-order valence-electron chi connectivity index (χ3n) is 4.04. The number of hydrogen-bond acceptors (Lipinski definition) is 4. The fourth-order valence-electron chi connectivity index (χ4n) is 2.70. The molecule has 140 valence electrons. The molecule has 0 radical (unpaired) electrons. The summed E-state index contributed by atoms with van der Waals surface area (Å²) in [5.74, 6) is 0.800. The van der Waals surface area contributed by atoms with Gasteiger partial charge in [0.25, 0.3) is 0 Å². The molecule has 6 nitrogen and oxygen atoms in total. The first-order chi connectivity index (χ1) is 12.3. The van der Waals surface area contributed by atoms with Gasteiger partial charge >= 0.3 is 0 Å². The minimum atomic E-state index is 0.302. The largest absolute Gasteiger partial charge is 0.379 e. The lowest BCUT2D eigenvalue weighted by Gasteiger charge is -2.15. The van der Waals surface area contributed by atoms with Crippen LogP contribution in [0.15, 0.2) is 29.3 Å². The number of nitrogens with one attached hydrogen (secondary N) is 2. The predicted octanol–water partition coefficient (Wildman–Crippen LogP) is 2.08. The maximum absolute atomic E-state index is 5.62. The Morgan fingerprint density at radius 1 is 1.24 bits per heavy atom. The van der Waals surface area contributed by atoms with Gasteiger partial charge in [0.05, 0.1) is 25.9 Å². The summed E-state index contributed by atoms with van der Waals surface area (Å²) in [7, 11) is 1.79. The van der Waals surface area contributed by atoms with Crippen LogP contribution in [0.5, 0.6) is 0 Å². The molecule has 0 spiro atoms. The van der Waals surface area contributed by atoms with Gasteiger partial charge in [0.1, 0.15) is 0 Å². The SMILES string of the molecule is CCOCCOCc1cccc(CNC(=NC)NCC2CCCO2)c1. The molecule has 1 atom stereocenters. The van der Waals surface area contributed by atoms with Gasteiger partial charge in [0, 0.05) is 33.4 Å². The number of aliphatic imine (C=N–C) groups is 1. The van der Waals surface area contributed by atoms with Gasteiger partial charge in [-0.25, -0.2) is 0 Å². The Hall–Kier alpha value is -1.63. The van der Waals surface area contributed by atoms with Crippen molar-refractivity contribution in [1.29, 1.82) is 0 Å². The number of guanidine groups is 1. The van der Waals surface area contributed by atoms with Crippen LogP contribution in [0.1, 0.15) is 30.9 Å². The lowest BCUT2D eigenvalue weighted by Crippen LogP contribution is -2.40. The highest BCUT2D eigenvalue weighted by Gasteiger charge is 2.15. The Kier molecular flexibility index (Phi) is 9.33. The van der Waals surface area contributed by atoms with Crippen LogP contribution in [0, 0.1) is 0 Å². The van der Waals surface area contributed by atoms with Crippen LogP contribution in [0.4, 0.5) is 0 Å². The van der Waals surface area contributed by atoms with Crippen LogP contribution in [-0.2, 0) is 27.4 Å². The highest BCUT2D eigenvalue weighted by molar-refractivity contribution is 5.79. The highest BCUT2D eigenvalue weighted by Crippen LogP contribution is 2.10. The third kappa shape index (κ3) is 7.86. The molecule has 1 aliphatic heterocycles. The predicted molar refractivity (Wildman–Crippen MR) is 99.8 cm³/mol. The zero-order valence-electron chi connectivity index (χ0n) is 15.4. The average molecular weight is 349 g/mol. The van der Waals surface area contributed by atoms with Crippen molar-refractivity contribution in [3.63, 3.8) is 0 Å². The molecule has 6 heteroatoms. The van der Waals surface area contributed by atoms with Gasteiger partial charge in [-0.1, -0.05) is 24.3 Å². The highest BCUT2D eigenvalue weighted by atomic mass is 16.5. The van der Waals surface area contributed by atoms with E-state index in [2.05, 4.69) is 39.9 Å². The van der Waals surface area contributed by atoms with Crippen LogP contribution in [-0.4, -0.2) is 52.1 Å². The standard InChI is InChI=1S/C19H31N3O3/c1-3-23-10-11-24-15-17-7-4-6-16(12-17)13-21-19(20-2)22-14-18-8-5-9-25-18/h4,6-7,12,18H,3,5,8-11,13-15H2,1-2H3,(H2,20,21,22). The lowest BCUT2D eigenvalue weighted by molar-refractivity contribution is 0.0453. The molecule has 1 aliphatic rings.